The van der Waals surface area contributed by atoms with Gasteiger partial charge < -0.3 is 13.7 Å². The topological polar surface area (TPSA) is 113 Å². The van der Waals surface area contributed by atoms with Crippen LogP contribution in [0.25, 0.3) is 6.08 Å². The van der Waals surface area contributed by atoms with Crippen molar-refractivity contribution in [3.63, 3.8) is 0 Å². The zero-order valence-electron chi connectivity index (χ0n) is 24.1. The monoisotopic (exact) mass is 618 g/mol. The summed E-state index contributed by atoms with van der Waals surface area (Å²) in [6.45, 7) is 7.55. The molecule has 2 heterocycles. The van der Waals surface area contributed by atoms with Gasteiger partial charge in [0.1, 0.15) is 4.90 Å². The molecule has 0 saturated carbocycles. The van der Waals surface area contributed by atoms with E-state index in [0.717, 1.165) is 11.1 Å². The van der Waals surface area contributed by atoms with Gasteiger partial charge in [0.15, 0.2) is 16.3 Å². The molecule has 3 aromatic carbocycles. The van der Waals surface area contributed by atoms with Gasteiger partial charge in [-0.25, -0.2) is 9.79 Å². The highest BCUT2D eigenvalue weighted by Gasteiger charge is 2.33. The average molecular weight is 619 g/mol. The third-order valence-electron chi connectivity index (χ3n) is 6.71. The lowest BCUT2D eigenvalue weighted by molar-refractivity contribution is -0.139. The number of fused-ring (bicyclic) bond motifs is 1. The third kappa shape index (κ3) is 6.18. The van der Waals surface area contributed by atoms with E-state index in [-0.39, 0.29) is 35.2 Å². The molecule has 5 rings (SSSR count). The van der Waals surface area contributed by atoms with Crippen LogP contribution in [-0.4, -0.2) is 32.2 Å². The van der Waals surface area contributed by atoms with E-state index in [4.69, 9.17) is 13.7 Å². The molecule has 0 amide bonds. The number of nitrogens with zero attached hydrogens (tertiary/aromatic N) is 2. The summed E-state index contributed by atoms with van der Waals surface area (Å²) in [5.74, 6) is -0.286. The van der Waals surface area contributed by atoms with Crippen molar-refractivity contribution in [1.82, 2.24) is 4.57 Å². The smallest absolute Gasteiger partial charge is 0.339 e. The molecule has 1 aliphatic heterocycles. The Bertz CT molecular complexity index is 1990. The average Bonchev–Trinajstić information content (AvgIpc) is 3.28. The molecule has 1 atom stereocenters. The predicted octanol–water partition coefficient (Wildman–Crippen LogP) is 4.27. The number of thiazole rings is 1. The molecule has 1 aromatic heterocycles. The van der Waals surface area contributed by atoms with Gasteiger partial charge >= 0.3 is 16.1 Å². The van der Waals surface area contributed by atoms with Crippen LogP contribution < -0.4 is 23.8 Å². The lowest BCUT2D eigenvalue weighted by Crippen LogP contribution is -2.39. The lowest BCUT2D eigenvalue weighted by Gasteiger charge is -2.24. The number of aryl methyl sites for hydroxylation is 1. The Labute approximate surface area is 253 Å². The minimum absolute atomic E-state index is 0.0242. The van der Waals surface area contributed by atoms with Crippen LogP contribution in [0.1, 0.15) is 43.5 Å². The fourth-order valence-corrected chi connectivity index (χ4v) is 6.70. The lowest BCUT2D eigenvalue weighted by atomic mass is 9.96. The highest BCUT2D eigenvalue weighted by molar-refractivity contribution is 7.87. The molecule has 1 aliphatic rings. The molecule has 4 aromatic rings. The number of ether oxygens (including phenoxy) is 2. The second kappa shape index (κ2) is 12.4. The number of hydrogen-bond donors (Lipinski definition) is 0. The summed E-state index contributed by atoms with van der Waals surface area (Å²) in [4.78, 5) is 31.9. The Morgan fingerprint density at radius 2 is 1.70 bits per heavy atom. The van der Waals surface area contributed by atoms with Gasteiger partial charge in [-0.1, -0.05) is 65.4 Å². The van der Waals surface area contributed by atoms with E-state index in [2.05, 4.69) is 4.99 Å². The number of allylic oxidation sites excluding steroid dienone is 1. The first-order chi connectivity index (χ1) is 20.6. The maximum Gasteiger partial charge on any atom is 0.339 e. The predicted molar refractivity (Wildman–Crippen MR) is 163 cm³/mol. The number of hydrogen-bond acceptors (Lipinski definition) is 9. The van der Waals surface area contributed by atoms with Crippen LogP contribution in [0, 0.1) is 6.92 Å². The van der Waals surface area contributed by atoms with Gasteiger partial charge in [-0.15, -0.1) is 0 Å². The summed E-state index contributed by atoms with van der Waals surface area (Å²) in [5.41, 5.74) is 2.73. The fraction of sp³-hybridized carbons (Fsp3) is 0.219. The Morgan fingerprint density at radius 1 is 0.977 bits per heavy atom. The van der Waals surface area contributed by atoms with E-state index in [9.17, 15) is 18.0 Å². The summed E-state index contributed by atoms with van der Waals surface area (Å²) in [5, 5.41) is 0. The molecule has 0 N–H and O–H groups in total. The first kappa shape index (κ1) is 30.0. The quantitative estimate of drug-likeness (QED) is 0.203. The molecule has 43 heavy (non-hydrogen) atoms. The normalized spacial score (nSPS) is 15.1. The molecular weight excluding hydrogens is 588 g/mol. The molecule has 9 nitrogen and oxygen atoms in total. The Hall–Kier alpha value is -4.48. The van der Waals surface area contributed by atoms with Gasteiger partial charge in [0, 0.05) is 0 Å². The van der Waals surface area contributed by atoms with Gasteiger partial charge in [-0.2, -0.15) is 8.42 Å². The molecular formula is C32H30N2O7S2. The maximum absolute atomic E-state index is 13.9. The highest BCUT2D eigenvalue weighted by atomic mass is 32.2. The second-order valence-electron chi connectivity index (χ2n) is 9.70. The second-order valence-corrected chi connectivity index (χ2v) is 12.3. The third-order valence-corrected chi connectivity index (χ3v) is 8.94. The van der Waals surface area contributed by atoms with Gasteiger partial charge in [-0.3, -0.25) is 9.36 Å². The van der Waals surface area contributed by atoms with Crippen LogP contribution in [-0.2, 0) is 19.6 Å². The van der Waals surface area contributed by atoms with E-state index >= 15 is 0 Å². The Kier molecular flexibility index (Phi) is 8.65. The van der Waals surface area contributed by atoms with Crippen molar-refractivity contribution in [2.75, 3.05) is 13.2 Å². The van der Waals surface area contributed by atoms with Gasteiger partial charge in [0.05, 0.1) is 35.1 Å². The van der Waals surface area contributed by atoms with E-state index in [0.29, 0.717) is 26.2 Å². The molecule has 0 aliphatic carbocycles. The number of carbonyl (C=O) groups excluding carboxylic acids is 1. The summed E-state index contributed by atoms with van der Waals surface area (Å²) in [7, 11) is -4.10. The summed E-state index contributed by atoms with van der Waals surface area (Å²) >= 11 is 1.19. The first-order valence-electron chi connectivity index (χ1n) is 13.7. The van der Waals surface area contributed by atoms with Crippen LogP contribution in [0.5, 0.6) is 11.5 Å². The molecule has 0 bridgehead atoms. The number of carbonyl (C=O) groups is 1. The SMILES string of the molecule is CCOC(=O)C1=C(C)N=c2s/c(=C/c3ccc(OS(=O)(=O)c4ccc(C)cc4)c(OCC)c3)c(=O)n2C1c1ccccc1. The zero-order valence-corrected chi connectivity index (χ0v) is 25.7. The van der Waals surface area contributed by atoms with Gasteiger partial charge in [0.2, 0.25) is 0 Å². The highest BCUT2D eigenvalue weighted by Crippen LogP contribution is 2.32. The number of rotatable bonds is 9. The van der Waals surface area contributed by atoms with Crippen molar-refractivity contribution < 1.29 is 26.9 Å². The summed E-state index contributed by atoms with van der Waals surface area (Å²) < 4.78 is 44.2. The molecule has 222 valence electrons. The minimum Gasteiger partial charge on any atom is -0.490 e. The molecule has 0 radical (unpaired) electrons. The van der Waals surface area contributed by atoms with Crippen molar-refractivity contribution in [1.29, 1.82) is 0 Å². The van der Waals surface area contributed by atoms with Crippen LogP contribution in [0.3, 0.4) is 0 Å². The summed E-state index contributed by atoms with van der Waals surface area (Å²) in [6.07, 6.45) is 1.68. The maximum atomic E-state index is 13.9. The molecule has 0 saturated heterocycles. The number of benzene rings is 3. The fourth-order valence-electron chi connectivity index (χ4n) is 4.72. The Morgan fingerprint density at radius 3 is 2.37 bits per heavy atom. The van der Waals surface area contributed by atoms with Crippen molar-refractivity contribution in [2.24, 2.45) is 4.99 Å². The minimum atomic E-state index is -4.10. The van der Waals surface area contributed by atoms with Crippen LogP contribution >= 0.6 is 11.3 Å². The van der Waals surface area contributed by atoms with E-state index in [1.807, 2.05) is 37.3 Å². The number of aromatic nitrogens is 1. The van der Waals surface area contributed by atoms with E-state index in [1.54, 1.807) is 51.1 Å². The largest absolute Gasteiger partial charge is 0.490 e. The van der Waals surface area contributed by atoms with Crippen molar-refractivity contribution >= 4 is 33.5 Å². The van der Waals surface area contributed by atoms with Crippen LogP contribution in [0.4, 0.5) is 0 Å². The van der Waals surface area contributed by atoms with Gasteiger partial charge in [0.25, 0.3) is 5.56 Å². The first-order valence-corrected chi connectivity index (χ1v) is 15.9. The van der Waals surface area contributed by atoms with E-state index in [1.165, 1.54) is 34.1 Å². The Balaban J connectivity index is 1.57. The standard InChI is InChI=1S/C32H30N2O7S2/c1-5-39-26-18-22(14-17-25(26)41-43(37,38)24-15-12-20(3)13-16-24)19-27-30(35)34-29(23-10-8-7-9-11-23)28(31(36)40-6-2)21(4)33-32(34)42-27/h7-19,29H,5-6H2,1-4H3/b27-19+. The molecule has 0 spiro atoms. The van der Waals surface area contributed by atoms with Crippen molar-refractivity contribution in [2.45, 2.75) is 38.6 Å². The summed E-state index contributed by atoms with van der Waals surface area (Å²) in [6, 6.07) is 19.7. The van der Waals surface area contributed by atoms with Crippen LogP contribution in [0.15, 0.2) is 98.7 Å². The molecule has 0 fully saturated rings. The van der Waals surface area contributed by atoms with Crippen molar-refractivity contribution in [3.8, 4) is 11.5 Å². The van der Waals surface area contributed by atoms with Gasteiger partial charge in [-0.05, 0) is 69.2 Å². The number of esters is 1. The van der Waals surface area contributed by atoms with E-state index < -0.39 is 22.1 Å². The van der Waals surface area contributed by atoms with Crippen molar-refractivity contribution in [3.05, 3.63) is 120 Å². The zero-order chi connectivity index (χ0) is 30.7. The molecule has 11 heteroatoms. The van der Waals surface area contributed by atoms with Crippen LogP contribution in [0.2, 0.25) is 0 Å². The molecule has 1 unspecified atom stereocenters.